The van der Waals surface area contributed by atoms with Crippen molar-refractivity contribution in [2.75, 3.05) is 0 Å². The molecular formula is C15H16ClN3O2. The number of benzene rings is 1. The van der Waals surface area contributed by atoms with E-state index in [-0.39, 0.29) is 0 Å². The first kappa shape index (κ1) is 14.2. The second-order valence-corrected chi connectivity index (χ2v) is 6.01. The standard InChI is InChI=1S/C15H16ClN3O2/c16-10-6-2-1-5-9(10)11-12(20)18-14(19-13(11)21)15(17)7-3-4-8-15/h1-2,5-6,11H,3-4,7-8,17H2,(H,18,19,20,21). The maximum absolute atomic E-state index is 12.3. The van der Waals surface area contributed by atoms with E-state index in [1.54, 1.807) is 24.3 Å². The molecule has 1 fully saturated rings. The van der Waals surface area contributed by atoms with Gasteiger partial charge in [0.2, 0.25) is 5.91 Å². The summed E-state index contributed by atoms with van der Waals surface area (Å²) in [6.45, 7) is 0. The van der Waals surface area contributed by atoms with Crippen LogP contribution < -0.4 is 11.1 Å². The number of nitrogens with two attached hydrogens (primary N) is 1. The van der Waals surface area contributed by atoms with Crippen LogP contribution in [0.5, 0.6) is 0 Å². The lowest BCUT2D eigenvalue weighted by Crippen LogP contribution is -2.57. The Balaban J connectivity index is 1.95. The van der Waals surface area contributed by atoms with Crippen LogP contribution in [0.15, 0.2) is 29.3 Å². The van der Waals surface area contributed by atoms with Crippen LogP contribution >= 0.6 is 11.6 Å². The first-order valence-electron chi connectivity index (χ1n) is 6.98. The number of carbonyl (C=O) groups excluding carboxylic acids is 2. The molecule has 1 unspecified atom stereocenters. The van der Waals surface area contributed by atoms with Crippen molar-refractivity contribution in [1.82, 2.24) is 5.32 Å². The van der Waals surface area contributed by atoms with Gasteiger partial charge in [0.05, 0.1) is 5.54 Å². The van der Waals surface area contributed by atoms with Crippen LogP contribution in [0.2, 0.25) is 5.02 Å². The van der Waals surface area contributed by atoms with E-state index < -0.39 is 23.3 Å². The SMILES string of the molecule is NC1(C2=NC(=O)C(c3ccccc3Cl)C(=O)N2)CCCC1. The van der Waals surface area contributed by atoms with Crippen LogP contribution in [0.1, 0.15) is 37.2 Å². The maximum atomic E-state index is 12.3. The molecule has 1 saturated carbocycles. The predicted octanol–water partition coefficient (Wildman–Crippen LogP) is 1.75. The molecule has 0 saturated heterocycles. The van der Waals surface area contributed by atoms with Gasteiger partial charge in [-0.2, -0.15) is 4.99 Å². The summed E-state index contributed by atoms with van der Waals surface area (Å²) in [5.74, 6) is -1.60. The van der Waals surface area contributed by atoms with Gasteiger partial charge in [0.25, 0.3) is 5.91 Å². The van der Waals surface area contributed by atoms with Crippen molar-refractivity contribution >= 4 is 29.3 Å². The zero-order chi connectivity index (χ0) is 15.0. The van der Waals surface area contributed by atoms with Crippen molar-refractivity contribution in [3.8, 4) is 0 Å². The molecule has 3 rings (SSSR count). The van der Waals surface area contributed by atoms with Gasteiger partial charge in [0.15, 0.2) is 0 Å². The number of halogens is 1. The Hall–Kier alpha value is -1.72. The van der Waals surface area contributed by atoms with E-state index in [9.17, 15) is 9.59 Å². The van der Waals surface area contributed by atoms with Crippen molar-refractivity contribution < 1.29 is 9.59 Å². The Morgan fingerprint density at radius 2 is 1.90 bits per heavy atom. The third kappa shape index (κ3) is 2.47. The number of carbonyl (C=O) groups is 2. The van der Waals surface area contributed by atoms with Crippen LogP contribution in [0.3, 0.4) is 0 Å². The van der Waals surface area contributed by atoms with Gasteiger partial charge in [-0.05, 0) is 24.5 Å². The summed E-state index contributed by atoms with van der Waals surface area (Å²) in [6, 6.07) is 6.80. The molecule has 2 amide bonds. The second kappa shape index (κ2) is 5.24. The van der Waals surface area contributed by atoms with Crippen LogP contribution in [0.25, 0.3) is 0 Å². The van der Waals surface area contributed by atoms with Gasteiger partial charge in [0.1, 0.15) is 11.8 Å². The van der Waals surface area contributed by atoms with E-state index in [1.165, 1.54) is 0 Å². The van der Waals surface area contributed by atoms with Crippen LogP contribution in [0.4, 0.5) is 0 Å². The third-order valence-electron chi connectivity index (χ3n) is 4.16. The fraction of sp³-hybridized carbons (Fsp3) is 0.400. The van der Waals surface area contributed by atoms with E-state index in [2.05, 4.69) is 10.3 Å². The topological polar surface area (TPSA) is 84.5 Å². The molecule has 1 heterocycles. The van der Waals surface area contributed by atoms with Crippen molar-refractivity contribution in [2.45, 2.75) is 37.1 Å². The number of nitrogens with zero attached hydrogens (tertiary/aromatic N) is 1. The van der Waals surface area contributed by atoms with E-state index in [0.29, 0.717) is 16.4 Å². The summed E-state index contributed by atoms with van der Waals surface area (Å²) in [5, 5.41) is 3.09. The summed E-state index contributed by atoms with van der Waals surface area (Å²) in [6.07, 6.45) is 3.42. The van der Waals surface area contributed by atoms with Crippen molar-refractivity contribution in [3.05, 3.63) is 34.9 Å². The molecule has 5 nitrogen and oxygen atoms in total. The molecule has 2 aliphatic rings. The fourth-order valence-electron chi connectivity index (χ4n) is 2.97. The minimum Gasteiger partial charge on any atom is -0.319 e. The Kier molecular flexibility index (Phi) is 3.55. The van der Waals surface area contributed by atoms with Crippen LogP contribution in [0, 0.1) is 0 Å². The van der Waals surface area contributed by atoms with E-state index in [0.717, 1.165) is 25.7 Å². The average molecular weight is 306 g/mol. The molecule has 6 heteroatoms. The highest BCUT2D eigenvalue weighted by Crippen LogP contribution is 2.32. The summed E-state index contributed by atoms with van der Waals surface area (Å²) in [4.78, 5) is 28.7. The Labute approximate surface area is 127 Å². The molecule has 1 aromatic rings. The number of amidine groups is 1. The Morgan fingerprint density at radius 1 is 1.24 bits per heavy atom. The van der Waals surface area contributed by atoms with Gasteiger partial charge in [-0.25, -0.2) is 0 Å². The van der Waals surface area contributed by atoms with Gasteiger partial charge >= 0.3 is 0 Å². The number of amides is 2. The highest BCUT2D eigenvalue weighted by Gasteiger charge is 2.42. The lowest BCUT2D eigenvalue weighted by atomic mass is 9.92. The lowest BCUT2D eigenvalue weighted by Gasteiger charge is -2.30. The van der Waals surface area contributed by atoms with E-state index in [1.807, 2.05) is 0 Å². The van der Waals surface area contributed by atoms with E-state index in [4.69, 9.17) is 17.3 Å². The number of nitrogens with one attached hydrogen (secondary N) is 1. The van der Waals surface area contributed by atoms with Crippen LogP contribution in [-0.4, -0.2) is 23.2 Å². The molecule has 0 bridgehead atoms. The highest BCUT2D eigenvalue weighted by molar-refractivity contribution is 6.32. The minimum absolute atomic E-state index is 0.304. The Bertz CT molecular complexity index is 636. The Morgan fingerprint density at radius 3 is 2.52 bits per heavy atom. The second-order valence-electron chi connectivity index (χ2n) is 5.61. The van der Waals surface area contributed by atoms with Crippen molar-refractivity contribution in [2.24, 2.45) is 10.7 Å². The summed E-state index contributed by atoms with van der Waals surface area (Å²) in [5.41, 5.74) is 6.04. The molecule has 1 aliphatic carbocycles. The monoisotopic (exact) mass is 305 g/mol. The molecule has 110 valence electrons. The highest BCUT2D eigenvalue weighted by atomic mass is 35.5. The smallest absolute Gasteiger partial charge is 0.264 e. The number of aliphatic imine (C=N–C) groups is 1. The molecule has 0 spiro atoms. The first-order chi connectivity index (χ1) is 10.0. The van der Waals surface area contributed by atoms with Crippen LogP contribution in [-0.2, 0) is 9.59 Å². The zero-order valence-corrected chi connectivity index (χ0v) is 12.2. The quantitative estimate of drug-likeness (QED) is 0.816. The molecule has 21 heavy (non-hydrogen) atoms. The summed E-state index contributed by atoms with van der Waals surface area (Å²) in [7, 11) is 0. The summed E-state index contributed by atoms with van der Waals surface area (Å²) < 4.78 is 0. The number of hydrogen-bond donors (Lipinski definition) is 2. The molecule has 1 aliphatic heterocycles. The maximum Gasteiger partial charge on any atom is 0.264 e. The molecular weight excluding hydrogens is 290 g/mol. The van der Waals surface area contributed by atoms with Crippen molar-refractivity contribution in [1.29, 1.82) is 0 Å². The summed E-state index contributed by atoms with van der Waals surface area (Å²) >= 11 is 6.07. The predicted molar refractivity (Wildman–Crippen MR) is 80.2 cm³/mol. The van der Waals surface area contributed by atoms with Gasteiger partial charge < -0.3 is 11.1 Å². The number of rotatable bonds is 2. The van der Waals surface area contributed by atoms with E-state index >= 15 is 0 Å². The molecule has 1 atom stereocenters. The van der Waals surface area contributed by atoms with Crippen molar-refractivity contribution in [3.63, 3.8) is 0 Å². The lowest BCUT2D eigenvalue weighted by molar-refractivity contribution is -0.130. The molecule has 3 N–H and O–H groups in total. The number of hydrogen-bond acceptors (Lipinski definition) is 3. The molecule has 0 radical (unpaired) electrons. The fourth-order valence-corrected chi connectivity index (χ4v) is 3.21. The van der Waals surface area contributed by atoms with Gasteiger partial charge in [0, 0.05) is 5.02 Å². The normalized spacial score (nSPS) is 24.7. The average Bonchev–Trinajstić information content (AvgIpc) is 2.88. The van der Waals surface area contributed by atoms with Gasteiger partial charge in [-0.1, -0.05) is 42.6 Å². The van der Waals surface area contributed by atoms with Gasteiger partial charge in [-0.3, -0.25) is 9.59 Å². The first-order valence-corrected chi connectivity index (χ1v) is 7.36. The molecule has 1 aromatic carbocycles. The van der Waals surface area contributed by atoms with Gasteiger partial charge in [-0.15, -0.1) is 0 Å². The third-order valence-corrected chi connectivity index (χ3v) is 4.50. The molecule has 0 aromatic heterocycles. The zero-order valence-electron chi connectivity index (χ0n) is 11.4. The minimum atomic E-state index is -0.993. The largest absolute Gasteiger partial charge is 0.319 e.